The smallest absolute Gasteiger partial charge is 0.227 e. The lowest BCUT2D eigenvalue weighted by atomic mass is 10.2. The van der Waals surface area contributed by atoms with Gasteiger partial charge in [-0.25, -0.2) is 9.97 Å². The summed E-state index contributed by atoms with van der Waals surface area (Å²) < 4.78 is 6.94. The van der Waals surface area contributed by atoms with E-state index in [2.05, 4.69) is 15.3 Å². The summed E-state index contributed by atoms with van der Waals surface area (Å²) in [6, 6.07) is 3.62. The van der Waals surface area contributed by atoms with Crippen molar-refractivity contribution in [1.82, 2.24) is 14.5 Å². The molecule has 0 aliphatic heterocycles. The van der Waals surface area contributed by atoms with Gasteiger partial charge in [-0.1, -0.05) is 0 Å². The second-order valence-electron chi connectivity index (χ2n) is 4.60. The number of amides is 1. The number of hydrogen-bond donors (Lipinski definition) is 2. The lowest BCUT2D eigenvalue weighted by Crippen LogP contribution is -2.28. The number of nitrogens with zero attached hydrogens (tertiary/aromatic N) is 3. The second-order valence-corrected chi connectivity index (χ2v) is 4.60. The zero-order valence-electron chi connectivity index (χ0n) is 12.1. The van der Waals surface area contributed by atoms with Crippen molar-refractivity contribution < 1.29 is 9.53 Å². The molecule has 0 saturated carbocycles. The Morgan fingerprint density at radius 2 is 2.29 bits per heavy atom. The summed E-state index contributed by atoms with van der Waals surface area (Å²) in [5.74, 6) is 1.45. The molecule has 0 radical (unpaired) electrons. The predicted molar refractivity (Wildman–Crippen MR) is 79.2 cm³/mol. The predicted octanol–water partition coefficient (Wildman–Crippen LogP) is 0.878. The van der Waals surface area contributed by atoms with Crippen LogP contribution in [-0.4, -0.2) is 40.2 Å². The second kappa shape index (κ2) is 6.96. The van der Waals surface area contributed by atoms with Gasteiger partial charge in [-0.3, -0.25) is 9.36 Å². The molecule has 1 amide bonds. The van der Waals surface area contributed by atoms with E-state index in [0.717, 1.165) is 11.6 Å². The number of imidazole rings is 1. The van der Waals surface area contributed by atoms with Crippen molar-refractivity contribution >= 4 is 11.6 Å². The van der Waals surface area contributed by atoms with Gasteiger partial charge in [0.05, 0.1) is 24.4 Å². The molecule has 2 aromatic heterocycles. The maximum atomic E-state index is 11.8. The fraction of sp³-hybridized carbons (Fsp3) is 0.357. The third-order valence-electron chi connectivity index (χ3n) is 3.11. The molecule has 1 atom stereocenters. The third kappa shape index (κ3) is 3.87. The van der Waals surface area contributed by atoms with Crippen LogP contribution in [-0.2, 0) is 9.53 Å². The molecule has 0 saturated heterocycles. The molecule has 7 nitrogen and oxygen atoms in total. The molecule has 2 heterocycles. The molecule has 1 unspecified atom stereocenters. The molecule has 0 fully saturated rings. The molecular weight excluding hydrogens is 270 g/mol. The molecule has 3 N–H and O–H groups in total. The molecule has 0 spiro atoms. The first-order valence-corrected chi connectivity index (χ1v) is 6.63. The van der Waals surface area contributed by atoms with E-state index in [9.17, 15) is 4.79 Å². The standard InChI is InChI=1S/C14H19N5O2/c1-10-16-5-6-19(10)13-4-3-11(9-17-13)18-14(20)7-12(8-15)21-2/h3-6,9,12H,7-8,15H2,1-2H3,(H,18,20). The number of carbonyl (C=O) groups excluding carboxylic acids is 1. The molecule has 0 aliphatic carbocycles. The quantitative estimate of drug-likeness (QED) is 0.823. The van der Waals surface area contributed by atoms with Gasteiger partial charge in [0.2, 0.25) is 5.91 Å². The summed E-state index contributed by atoms with van der Waals surface area (Å²) >= 11 is 0. The van der Waals surface area contributed by atoms with Gasteiger partial charge in [0.15, 0.2) is 0 Å². The molecule has 0 bridgehead atoms. The molecular formula is C14H19N5O2. The fourth-order valence-corrected chi connectivity index (χ4v) is 1.90. The Bertz CT molecular complexity index is 590. The van der Waals surface area contributed by atoms with Crippen LogP contribution in [0.15, 0.2) is 30.7 Å². The monoisotopic (exact) mass is 289 g/mol. The van der Waals surface area contributed by atoms with E-state index >= 15 is 0 Å². The Morgan fingerprint density at radius 3 is 2.81 bits per heavy atom. The number of anilines is 1. The normalized spacial score (nSPS) is 12.1. The average molecular weight is 289 g/mol. The first kappa shape index (κ1) is 15.1. The van der Waals surface area contributed by atoms with Gasteiger partial charge >= 0.3 is 0 Å². The van der Waals surface area contributed by atoms with Crippen molar-refractivity contribution in [2.24, 2.45) is 5.73 Å². The lowest BCUT2D eigenvalue weighted by Gasteiger charge is -2.12. The van der Waals surface area contributed by atoms with Crippen molar-refractivity contribution in [2.75, 3.05) is 19.0 Å². The van der Waals surface area contributed by atoms with Gasteiger partial charge in [-0.2, -0.15) is 0 Å². The van der Waals surface area contributed by atoms with Crippen molar-refractivity contribution in [3.8, 4) is 5.82 Å². The van der Waals surface area contributed by atoms with Crippen LogP contribution in [0.5, 0.6) is 0 Å². The number of ether oxygens (including phenoxy) is 1. The first-order valence-electron chi connectivity index (χ1n) is 6.63. The zero-order valence-corrected chi connectivity index (χ0v) is 12.1. The molecule has 21 heavy (non-hydrogen) atoms. The van der Waals surface area contributed by atoms with Crippen molar-refractivity contribution in [3.05, 3.63) is 36.5 Å². The highest BCUT2D eigenvalue weighted by Crippen LogP contribution is 2.12. The molecule has 2 aromatic rings. The number of aryl methyl sites for hydroxylation is 1. The Morgan fingerprint density at radius 1 is 1.48 bits per heavy atom. The largest absolute Gasteiger partial charge is 0.380 e. The first-order chi connectivity index (χ1) is 10.1. The van der Waals surface area contributed by atoms with Crippen LogP contribution in [0.4, 0.5) is 5.69 Å². The summed E-state index contributed by atoms with van der Waals surface area (Å²) in [7, 11) is 1.54. The minimum atomic E-state index is -0.272. The van der Waals surface area contributed by atoms with Crippen LogP contribution in [0.2, 0.25) is 0 Å². The topological polar surface area (TPSA) is 95.1 Å². The molecule has 112 valence electrons. The number of pyridine rings is 1. The Hall–Kier alpha value is -2.25. The highest BCUT2D eigenvalue weighted by Gasteiger charge is 2.11. The lowest BCUT2D eigenvalue weighted by molar-refractivity contribution is -0.118. The maximum absolute atomic E-state index is 11.8. The Balaban J connectivity index is 2.00. The number of hydrogen-bond acceptors (Lipinski definition) is 5. The van der Waals surface area contributed by atoms with Crippen LogP contribution in [0.1, 0.15) is 12.2 Å². The third-order valence-corrected chi connectivity index (χ3v) is 3.11. The number of nitrogens with one attached hydrogen (secondary N) is 1. The highest BCUT2D eigenvalue weighted by molar-refractivity contribution is 5.90. The van der Waals surface area contributed by atoms with Gasteiger partial charge in [-0.15, -0.1) is 0 Å². The fourth-order valence-electron chi connectivity index (χ4n) is 1.90. The minimum absolute atomic E-state index is 0.152. The van der Waals surface area contributed by atoms with Gasteiger partial charge < -0.3 is 15.8 Å². The summed E-state index contributed by atoms with van der Waals surface area (Å²) in [6.07, 6.45) is 5.10. The molecule has 0 aliphatic rings. The van der Waals surface area contributed by atoms with Gasteiger partial charge in [0.25, 0.3) is 0 Å². The van der Waals surface area contributed by atoms with Crippen LogP contribution < -0.4 is 11.1 Å². The van der Waals surface area contributed by atoms with Crippen LogP contribution >= 0.6 is 0 Å². The minimum Gasteiger partial charge on any atom is -0.380 e. The summed E-state index contributed by atoms with van der Waals surface area (Å²) in [5, 5.41) is 2.77. The van der Waals surface area contributed by atoms with Crippen LogP contribution in [0.25, 0.3) is 5.82 Å². The van der Waals surface area contributed by atoms with Gasteiger partial charge in [-0.05, 0) is 19.1 Å². The highest BCUT2D eigenvalue weighted by atomic mass is 16.5. The van der Waals surface area contributed by atoms with E-state index < -0.39 is 0 Å². The number of nitrogens with two attached hydrogens (primary N) is 1. The van der Waals surface area contributed by atoms with Crippen molar-refractivity contribution in [1.29, 1.82) is 0 Å². The van der Waals surface area contributed by atoms with Crippen LogP contribution in [0.3, 0.4) is 0 Å². The molecule has 0 aromatic carbocycles. The summed E-state index contributed by atoms with van der Waals surface area (Å²) in [5.41, 5.74) is 6.12. The number of aromatic nitrogens is 3. The van der Waals surface area contributed by atoms with Gasteiger partial charge in [0.1, 0.15) is 11.6 Å². The maximum Gasteiger partial charge on any atom is 0.227 e. The van der Waals surface area contributed by atoms with Crippen LogP contribution in [0, 0.1) is 6.92 Å². The Kier molecular flexibility index (Phi) is 5.02. The SMILES string of the molecule is COC(CN)CC(=O)Nc1ccc(-n2ccnc2C)nc1. The van der Waals surface area contributed by atoms with E-state index in [1.54, 1.807) is 18.5 Å². The van der Waals surface area contributed by atoms with E-state index in [1.807, 2.05) is 23.8 Å². The number of rotatable bonds is 6. The Labute approximate surface area is 123 Å². The summed E-state index contributed by atoms with van der Waals surface area (Å²) in [4.78, 5) is 20.3. The number of carbonyl (C=O) groups is 1. The van der Waals surface area contributed by atoms with E-state index in [-0.39, 0.29) is 18.4 Å². The molecule has 7 heteroatoms. The van der Waals surface area contributed by atoms with Crippen molar-refractivity contribution in [2.45, 2.75) is 19.4 Å². The summed E-state index contributed by atoms with van der Waals surface area (Å²) in [6.45, 7) is 2.20. The van der Waals surface area contributed by atoms with Gasteiger partial charge in [0, 0.05) is 26.0 Å². The van der Waals surface area contributed by atoms with E-state index in [1.165, 1.54) is 7.11 Å². The van der Waals surface area contributed by atoms with E-state index in [4.69, 9.17) is 10.5 Å². The average Bonchev–Trinajstić information content (AvgIpc) is 2.92. The molecule has 2 rings (SSSR count). The number of methoxy groups -OCH3 is 1. The zero-order chi connectivity index (χ0) is 15.2. The van der Waals surface area contributed by atoms with Crippen molar-refractivity contribution in [3.63, 3.8) is 0 Å². The van der Waals surface area contributed by atoms with E-state index in [0.29, 0.717) is 12.2 Å².